The first kappa shape index (κ1) is 18.4. The smallest absolute Gasteiger partial charge is 0.229 e. The van der Waals surface area contributed by atoms with E-state index in [-0.39, 0.29) is 18.2 Å². The number of carbonyl (C=O) groups excluding carboxylic acids is 2. The molecule has 0 radical (unpaired) electrons. The van der Waals surface area contributed by atoms with Crippen molar-refractivity contribution < 1.29 is 14.0 Å². The molecule has 1 fully saturated rings. The molecule has 0 spiro atoms. The molecule has 142 valence electrons. The molecule has 1 saturated heterocycles. The van der Waals surface area contributed by atoms with E-state index in [9.17, 15) is 9.59 Å². The number of amides is 2. The van der Waals surface area contributed by atoms with Crippen LogP contribution in [-0.4, -0.2) is 23.3 Å². The summed E-state index contributed by atoms with van der Waals surface area (Å²) in [5.74, 6) is 0.00194. The van der Waals surface area contributed by atoms with Crippen LogP contribution in [0.15, 0.2) is 63.7 Å². The van der Waals surface area contributed by atoms with Gasteiger partial charge in [0, 0.05) is 35.6 Å². The highest BCUT2D eigenvalue weighted by Crippen LogP contribution is 2.31. The molecule has 1 unspecified atom stereocenters. The highest BCUT2D eigenvalue weighted by atomic mass is 79.9. The number of nitrogens with one attached hydrogen (secondary N) is 1. The van der Waals surface area contributed by atoms with Crippen molar-refractivity contribution in [1.29, 1.82) is 0 Å². The summed E-state index contributed by atoms with van der Waals surface area (Å²) in [5.41, 5.74) is 3.13. The lowest BCUT2D eigenvalue weighted by atomic mass is 10.1. The molecule has 1 aliphatic heterocycles. The first-order valence-corrected chi connectivity index (χ1v) is 9.69. The molecule has 3 aromatic rings. The van der Waals surface area contributed by atoms with Gasteiger partial charge in [-0.3, -0.25) is 9.59 Å². The Bertz CT molecular complexity index is 1030. The van der Waals surface area contributed by atoms with E-state index in [1.807, 2.05) is 48.5 Å². The van der Waals surface area contributed by atoms with Gasteiger partial charge in [0.05, 0.1) is 11.6 Å². The van der Waals surface area contributed by atoms with Crippen molar-refractivity contribution >= 4 is 39.1 Å². The molecule has 28 heavy (non-hydrogen) atoms. The van der Waals surface area contributed by atoms with Crippen molar-refractivity contribution in [3.8, 4) is 11.3 Å². The van der Waals surface area contributed by atoms with Gasteiger partial charge in [-0.05, 0) is 40.2 Å². The number of halogens is 1. The molecule has 2 heterocycles. The number of nitrogens with zero attached hydrogens (tertiary/aromatic N) is 2. The third-order valence-corrected chi connectivity index (χ3v) is 5.38. The second-order valence-electron chi connectivity index (χ2n) is 6.68. The molecule has 6 nitrogen and oxygen atoms in total. The Balaban J connectivity index is 1.43. The Morgan fingerprint density at radius 3 is 2.64 bits per heavy atom. The van der Waals surface area contributed by atoms with E-state index in [0.29, 0.717) is 18.1 Å². The Kier molecular flexibility index (Phi) is 5.00. The number of benzene rings is 2. The van der Waals surface area contributed by atoms with E-state index in [2.05, 4.69) is 26.2 Å². The number of para-hydroxylation sites is 1. The summed E-state index contributed by atoms with van der Waals surface area (Å²) in [5, 5.41) is 2.90. The second-order valence-corrected chi connectivity index (χ2v) is 7.53. The van der Waals surface area contributed by atoms with Crippen LogP contribution in [0.25, 0.3) is 11.3 Å². The fourth-order valence-corrected chi connectivity index (χ4v) is 3.75. The van der Waals surface area contributed by atoms with E-state index in [1.165, 1.54) is 0 Å². The molecule has 1 atom stereocenters. The quantitative estimate of drug-likeness (QED) is 0.653. The summed E-state index contributed by atoms with van der Waals surface area (Å²) in [6.07, 6.45) is 1.80. The highest BCUT2D eigenvalue weighted by Gasteiger charge is 2.35. The largest absolute Gasteiger partial charge is 0.449 e. The molecule has 1 aliphatic rings. The second kappa shape index (κ2) is 7.59. The number of hydrogen-bond donors (Lipinski definition) is 1. The third kappa shape index (κ3) is 3.71. The fraction of sp³-hybridized carbons (Fsp3) is 0.190. The van der Waals surface area contributed by atoms with E-state index in [0.717, 1.165) is 21.4 Å². The topological polar surface area (TPSA) is 75.4 Å². The SMILES string of the molecule is Cc1nc(-c2ccc(NC(=O)C3CC(=O)N(c4ccccc4Br)C3)cc2)co1. The summed E-state index contributed by atoms with van der Waals surface area (Å²) in [7, 11) is 0. The monoisotopic (exact) mass is 439 g/mol. The average Bonchev–Trinajstić information content (AvgIpc) is 3.29. The summed E-state index contributed by atoms with van der Waals surface area (Å²) in [4.78, 5) is 31.0. The Morgan fingerprint density at radius 2 is 1.96 bits per heavy atom. The Labute approximate surface area is 170 Å². The summed E-state index contributed by atoms with van der Waals surface area (Å²) in [6.45, 7) is 2.15. The predicted octanol–water partition coefficient (Wildman–Crippen LogP) is 4.40. The van der Waals surface area contributed by atoms with Gasteiger partial charge in [0.2, 0.25) is 11.8 Å². The number of aryl methyl sites for hydroxylation is 1. The average molecular weight is 440 g/mol. The molecule has 2 amide bonds. The van der Waals surface area contributed by atoms with Crippen LogP contribution >= 0.6 is 15.9 Å². The zero-order valence-corrected chi connectivity index (χ0v) is 16.8. The number of carbonyl (C=O) groups is 2. The maximum absolute atomic E-state index is 12.7. The van der Waals surface area contributed by atoms with Crippen molar-refractivity contribution in [2.75, 3.05) is 16.8 Å². The van der Waals surface area contributed by atoms with Gasteiger partial charge in [-0.15, -0.1) is 0 Å². The molecule has 4 rings (SSSR count). The van der Waals surface area contributed by atoms with Crippen LogP contribution in [0.4, 0.5) is 11.4 Å². The van der Waals surface area contributed by atoms with E-state index in [4.69, 9.17) is 4.42 Å². The van der Waals surface area contributed by atoms with Gasteiger partial charge < -0.3 is 14.6 Å². The maximum Gasteiger partial charge on any atom is 0.229 e. The summed E-state index contributed by atoms with van der Waals surface area (Å²) < 4.78 is 6.06. The van der Waals surface area contributed by atoms with Crippen LogP contribution < -0.4 is 10.2 Å². The van der Waals surface area contributed by atoms with Crippen molar-refractivity contribution in [3.63, 3.8) is 0 Å². The van der Waals surface area contributed by atoms with Gasteiger partial charge in [0.15, 0.2) is 5.89 Å². The van der Waals surface area contributed by atoms with Gasteiger partial charge in [0.25, 0.3) is 0 Å². The highest BCUT2D eigenvalue weighted by molar-refractivity contribution is 9.10. The minimum Gasteiger partial charge on any atom is -0.449 e. The molecule has 7 heteroatoms. The molecule has 0 aliphatic carbocycles. The fourth-order valence-electron chi connectivity index (χ4n) is 3.25. The van der Waals surface area contributed by atoms with Crippen molar-refractivity contribution in [2.45, 2.75) is 13.3 Å². The first-order valence-electron chi connectivity index (χ1n) is 8.89. The minimum absolute atomic E-state index is 0.0520. The predicted molar refractivity (Wildman–Crippen MR) is 110 cm³/mol. The van der Waals surface area contributed by atoms with Crippen LogP contribution in [0.5, 0.6) is 0 Å². The molecular weight excluding hydrogens is 422 g/mol. The molecule has 0 bridgehead atoms. The maximum atomic E-state index is 12.7. The minimum atomic E-state index is -0.391. The summed E-state index contributed by atoms with van der Waals surface area (Å²) >= 11 is 3.47. The standard InChI is InChI=1S/C21H18BrN3O3/c1-13-23-18(12-28-13)14-6-8-16(9-7-14)24-21(27)15-10-20(26)25(11-15)19-5-3-2-4-17(19)22/h2-9,12,15H,10-11H2,1H3,(H,24,27). The molecule has 2 aromatic carbocycles. The molecule has 0 saturated carbocycles. The van der Waals surface area contributed by atoms with Gasteiger partial charge in [-0.25, -0.2) is 4.98 Å². The van der Waals surface area contributed by atoms with Gasteiger partial charge in [-0.1, -0.05) is 24.3 Å². The van der Waals surface area contributed by atoms with Crippen LogP contribution in [0.2, 0.25) is 0 Å². The van der Waals surface area contributed by atoms with Gasteiger partial charge in [0.1, 0.15) is 12.0 Å². The van der Waals surface area contributed by atoms with Gasteiger partial charge in [-0.2, -0.15) is 0 Å². The molecular formula is C21H18BrN3O3. The van der Waals surface area contributed by atoms with Crippen LogP contribution in [0.1, 0.15) is 12.3 Å². The van der Waals surface area contributed by atoms with Crippen molar-refractivity contribution in [3.05, 3.63) is 65.2 Å². The summed E-state index contributed by atoms with van der Waals surface area (Å²) in [6, 6.07) is 14.9. The van der Waals surface area contributed by atoms with Crippen LogP contribution in [0.3, 0.4) is 0 Å². The van der Waals surface area contributed by atoms with Crippen LogP contribution in [0, 0.1) is 12.8 Å². The number of hydrogen-bond acceptors (Lipinski definition) is 4. The zero-order chi connectivity index (χ0) is 19.7. The Morgan fingerprint density at radius 1 is 1.21 bits per heavy atom. The van der Waals surface area contributed by atoms with Crippen molar-refractivity contribution in [1.82, 2.24) is 4.98 Å². The third-order valence-electron chi connectivity index (χ3n) is 4.71. The number of rotatable bonds is 4. The van der Waals surface area contributed by atoms with Gasteiger partial charge >= 0.3 is 0 Å². The number of oxazole rings is 1. The normalized spacial score (nSPS) is 16.4. The van der Waals surface area contributed by atoms with Crippen molar-refractivity contribution in [2.24, 2.45) is 5.92 Å². The molecule has 1 aromatic heterocycles. The number of anilines is 2. The number of aromatic nitrogens is 1. The van der Waals surface area contributed by atoms with E-state index in [1.54, 1.807) is 18.1 Å². The van der Waals surface area contributed by atoms with Crippen LogP contribution in [-0.2, 0) is 9.59 Å². The Hall–Kier alpha value is -2.93. The lowest BCUT2D eigenvalue weighted by Gasteiger charge is -2.18. The zero-order valence-electron chi connectivity index (χ0n) is 15.2. The van der Waals surface area contributed by atoms with E-state index < -0.39 is 5.92 Å². The lowest BCUT2D eigenvalue weighted by molar-refractivity contribution is -0.122. The molecule has 1 N–H and O–H groups in total. The lowest BCUT2D eigenvalue weighted by Crippen LogP contribution is -2.28. The first-order chi connectivity index (χ1) is 13.5. The van der Waals surface area contributed by atoms with E-state index >= 15 is 0 Å².